The molecule has 130 valence electrons. The molecule has 2 aliphatic rings. The van der Waals surface area contributed by atoms with Crippen molar-refractivity contribution in [1.82, 2.24) is 20.3 Å². The van der Waals surface area contributed by atoms with Crippen LogP contribution < -0.4 is 15.0 Å². The van der Waals surface area contributed by atoms with E-state index in [9.17, 15) is 4.79 Å². The smallest absolute Gasteiger partial charge is 0.272 e. The Morgan fingerprint density at radius 2 is 2.00 bits per heavy atom. The number of rotatable bonds is 3. The minimum absolute atomic E-state index is 0.129. The topological polar surface area (TPSA) is 80.2 Å². The third-order valence-electron chi connectivity index (χ3n) is 4.68. The van der Waals surface area contributed by atoms with E-state index in [-0.39, 0.29) is 12.0 Å². The van der Waals surface area contributed by atoms with Crippen molar-refractivity contribution in [2.45, 2.75) is 39.3 Å². The maximum absolute atomic E-state index is 11.7. The largest absolute Gasteiger partial charge is 0.489 e. The summed E-state index contributed by atoms with van der Waals surface area (Å²) in [5, 5.41) is 2.77. The molecule has 0 bridgehead atoms. The van der Waals surface area contributed by atoms with E-state index in [2.05, 4.69) is 25.2 Å². The molecule has 0 radical (unpaired) electrons. The summed E-state index contributed by atoms with van der Waals surface area (Å²) in [6, 6.07) is 3.93. The van der Waals surface area contributed by atoms with E-state index in [0.29, 0.717) is 12.2 Å². The summed E-state index contributed by atoms with van der Waals surface area (Å²) in [7, 11) is 0. The predicted octanol–water partition coefficient (Wildman–Crippen LogP) is 1.78. The number of aryl methyl sites for hydroxylation is 2. The lowest BCUT2D eigenvalue weighted by Crippen LogP contribution is -2.39. The van der Waals surface area contributed by atoms with Crippen molar-refractivity contribution < 1.29 is 9.53 Å². The highest BCUT2D eigenvalue weighted by Gasteiger charge is 2.27. The minimum atomic E-state index is -0.129. The molecule has 7 nitrogen and oxygen atoms in total. The zero-order valence-corrected chi connectivity index (χ0v) is 14.5. The first-order chi connectivity index (χ1) is 12.1. The molecule has 4 heterocycles. The zero-order valence-electron chi connectivity index (χ0n) is 14.5. The molecule has 0 spiro atoms. The van der Waals surface area contributed by atoms with Gasteiger partial charge in [0.1, 0.15) is 17.7 Å². The van der Waals surface area contributed by atoms with E-state index in [1.165, 1.54) is 0 Å². The fraction of sp³-hybridized carbons (Fsp3) is 0.444. The van der Waals surface area contributed by atoms with Gasteiger partial charge in [-0.25, -0.2) is 9.97 Å². The summed E-state index contributed by atoms with van der Waals surface area (Å²) in [6.07, 6.45) is 3.81. The van der Waals surface area contributed by atoms with E-state index < -0.39 is 0 Å². The first-order valence-corrected chi connectivity index (χ1v) is 8.60. The van der Waals surface area contributed by atoms with Crippen LogP contribution in [0.15, 0.2) is 18.3 Å². The van der Waals surface area contributed by atoms with E-state index >= 15 is 0 Å². The van der Waals surface area contributed by atoms with Crippen molar-refractivity contribution >= 4 is 11.7 Å². The summed E-state index contributed by atoms with van der Waals surface area (Å²) in [4.78, 5) is 27.3. The molecule has 1 N–H and O–H groups in total. The van der Waals surface area contributed by atoms with Gasteiger partial charge in [-0.05, 0) is 26.0 Å². The Morgan fingerprint density at radius 3 is 2.72 bits per heavy atom. The van der Waals surface area contributed by atoms with Gasteiger partial charge < -0.3 is 15.0 Å². The molecule has 2 aromatic rings. The van der Waals surface area contributed by atoms with Gasteiger partial charge in [0.2, 0.25) is 0 Å². The van der Waals surface area contributed by atoms with E-state index in [4.69, 9.17) is 4.74 Å². The van der Waals surface area contributed by atoms with E-state index in [1.807, 2.05) is 26.0 Å². The highest BCUT2D eigenvalue weighted by atomic mass is 16.5. The summed E-state index contributed by atoms with van der Waals surface area (Å²) < 4.78 is 6.03. The Bertz CT molecular complexity index is 798. The molecule has 0 aromatic carbocycles. The number of anilines is 1. The van der Waals surface area contributed by atoms with Crippen molar-refractivity contribution in [2.24, 2.45) is 0 Å². The van der Waals surface area contributed by atoms with Crippen LogP contribution in [0.4, 0.5) is 5.82 Å². The summed E-state index contributed by atoms with van der Waals surface area (Å²) >= 11 is 0. The number of hydrogen-bond acceptors (Lipinski definition) is 6. The van der Waals surface area contributed by atoms with Crippen molar-refractivity contribution in [1.29, 1.82) is 0 Å². The van der Waals surface area contributed by atoms with Crippen LogP contribution >= 0.6 is 0 Å². The number of nitrogens with zero attached hydrogens (tertiary/aromatic N) is 4. The van der Waals surface area contributed by atoms with Gasteiger partial charge in [-0.1, -0.05) is 0 Å². The fourth-order valence-corrected chi connectivity index (χ4v) is 3.30. The van der Waals surface area contributed by atoms with Crippen LogP contribution in [-0.2, 0) is 6.54 Å². The highest BCUT2D eigenvalue weighted by molar-refractivity contribution is 5.96. The molecule has 25 heavy (non-hydrogen) atoms. The molecule has 1 saturated heterocycles. The highest BCUT2D eigenvalue weighted by Crippen LogP contribution is 2.25. The molecule has 1 fully saturated rings. The molecule has 0 atom stereocenters. The molecule has 2 aliphatic heterocycles. The maximum Gasteiger partial charge on any atom is 0.272 e. The Hall–Kier alpha value is -2.70. The van der Waals surface area contributed by atoms with Crippen LogP contribution in [0.25, 0.3) is 0 Å². The molecule has 0 aliphatic carbocycles. The van der Waals surface area contributed by atoms with Crippen LogP contribution in [0.1, 0.15) is 40.4 Å². The predicted molar refractivity (Wildman–Crippen MR) is 92.8 cm³/mol. The number of amides is 1. The average Bonchev–Trinajstić information content (AvgIpc) is 2.97. The first kappa shape index (κ1) is 15.8. The van der Waals surface area contributed by atoms with Gasteiger partial charge in [0.05, 0.1) is 24.1 Å². The maximum atomic E-state index is 11.7. The van der Waals surface area contributed by atoms with Gasteiger partial charge in [-0.3, -0.25) is 9.78 Å². The lowest BCUT2D eigenvalue weighted by atomic mass is 10.1. The summed E-state index contributed by atoms with van der Waals surface area (Å²) in [6.45, 7) is 6.06. The normalized spacial score (nSPS) is 17.4. The number of piperidine rings is 1. The molecule has 0 unspecified atom stereocenters. The average molecular weight is 339 g/mol. The quantitative estimate of drug-likeness (QED) is 0.918. The second-order valence-corrected chi connectivity index (χ2v) is 6.55. The Morgan fingerprint density at radius 1 is 1.20 bits per heavy atom. The standard InChI is InChI=1S/C18H21N5O2/c1-11-3-4-14(9-19-11)25-13-5-7-23(8-6-13)17-12(2)21-16-15(22-17)10-20-18(16)24/h3-4,9,13H,5-8,10H2,1-2H3,(H,20,24). The number of nitrogens with one attached hydrogen (secondary N) is 1. The molecule has 7 heteroatoms. The number of pyridine rings is 1. The van der Waals surface area contributed by atoms with Gasteiger partial charge in [-0.2, -0.15) is 0 Å². The van der Waals surface area contributed by atoms with E-state index in [0.717, 1.165) is 54.6 Å². The van der Waals surface area contributed by atoms with Gasteiger partial charge in [0.25, 0.3) is 5.91 Å². The van der Waals surface area contributed by atoms with Gasteiger partial charge in [0, 0.05) is 31.6 Å². The van der Waals surface area contributed by atoms with Crippen molar-refractivity contribution in [2.75, 3.05) is 18.0 Å². The monoisotopic (exact) mass is 339 g/mol. The minimum Gasteiger partial charge on any atom is -0.489 e. The van der Waals surface area contributed by atoms with Gasteiger partial charge in [-0.15, -0.1) is 0 Å². The Kier molecular flexibility index (Phi) is 3.99. The lowest BCUT2D eigenvalue weighted by molar-refractivity contribution is 0.0961. The summed E-state index contributed by atoms with van der Waals surface area (Å²) in [5.74, 6) is 1.57. The fourth-order valence-electron chi connectivity index (χ4n) is 3.30. The number of ether oxygens (including phenoxy) is 1. The Labute approximate surface area is 146 Å². The van der Waals surface area contributed by atoms with Crippen LogP contribution in [0, 0.1) is 13.8 Å². The second-order valence-electron chi connectivity index (χ2n) is 6.55. The van der Waals surface area contributed by atoms with Crippen molar-refractivity contribution in [3.8, 4) is 5.75 Å². The third kappa shape index (κ3) is 3.14. The molecule has 0 saturated carbocycles. The first-order valence-electron chi connectivity index (χ1n) is 8.60. The molecule has 4 rings (SSSR count). The van der Waals surface area contributed by atoms with Crippen LogP contribution in [0.5, 0.6) is 5.75 Å². The van der Waals surface area contributed by atoms with Crippen molar-refractivity contribution in [3.05, 3.63) is 41.1 Å². The zero-order chi connectivity index (χ0) is 17.4. The van der Waals surface area contributed by atoms with Crippen LogP contribution in [0.2, 0.25) is 0 Å². The SMILES string of the molecule is Cc1ccc(OC2CCN(c3nc4c(nc3C)C(=O)NC4)CC2)cn1. The van der Waals surface area contributed by atoms with Gasteiger partial charge in [0.15, 0.2) is 5.69 Å². The molecule has 1 amide bonds. The van der Waals surface area contributed by atoms with Gasteiger partial charge >= 0.3 is 0 Å². The van der Waals surface area contributed by atoms with E-state index in [1.54, 1.807) is 6.20 Å². The number of carbonyl (C=O) groups is 1. The molecule has 2 aromatic heterocycles. The Balaban J connectivity index is 1.42. The third-order valence-corrected chi connectivity index (χ3v) is 4.68. The summed E-state index contributed by atoms with van der Waals surface area (Å²) in [5.41, 5.74) is 3.00. The number of fused-ring (bicyclic) bond motifs is 1. The second kappa shape index (κ2) is 6.31. The molecular weight excluding hydrogens is 318 g/mol. The number of carbonyl (C=O) groups excluding carboxylic acids is 1. The van der Waals surface area contributed by atoms with Crippen molar-refractivity contribution in [3.63, 3.8) is 0 Å². The lowest BCUT2D eigenvalue weighted by Gasteiger charge is -2.33. The molecular formula is C18H21N5O2. The van der Waals surface area contributed by atoms with Crippen LogP contribution in [-0.4, -0.2) is 40.1 Å². The van der Waals surface area contributed by atoms with Crippen LogP contribution in [0.3, 0.4) is 0 Å². The number of hydrogen-bond donors (Lipinski definition) is 1. The number of aromatic nitrogens is 3.